The molecule has 2 atom stereocenters. The van der Waals surface area contributed by atoms with Gasteiger partial charge in [-0.1, -0.05) is 0 Å². The largest absolute Gasteiger partial charge is 0.350 e. The van der Waals surface area contributed by atoms with Crippen molar-refractivity contribution in [3.8, 4) is 0 Å². The van der Waals surface area contributed by atoms with Gasteiger partial charge in [0.25, 0.3) is 0 Å². The van der Waals surface area contributed by atoms with E-state index < -0.39 is 4.92 Å². The van der Waals surface area contributed by atoms with Crippen molar-refractivity contribution >= 4 is 11.6 Å². The van der Waals surface area contributed by atoms with Crippen LogP contribution in [0.15, 0.2) is 12.4 Å². The number of nitrogens with one attached hydrogen (secondary N) is 1. The molecule has 1 aliphatic rings. The lowest BCUT2D eigenvalue weighted by Crippen LogP contribution is -2.47. The van der Waals surface area contributed by atoms with Gasteiger partial charge < -0.3 is 10.2 Å². The lowest BCUT2D eigenvalue weighted by atomic mass is 10.1. The van der Waals surface area contributed by atoms with Crippen LogP contribution in [0, 0.1) is 10.1 Å². The molecule has 110 valence electrons. The number of hydrogen-bond donors (Lipinski definition) is 1. The molecule has 0 aromatic carbocycles. The van der Waals surface area contributed by atoms with Gasteiger partial charge in [0.1, 0.15) is 18.9 Å². The van der Waals surface area contributed by atoms with E-state index in [-0.39, 0.29) is 24.2 Å². The fourth-order valence-corrected chi connectivity index (χ4v) is 2.66. The van der Waals surface area contributed by atoms with Crippen molar-refractivity contribution in [2.45, 2.75) is 37.9 Å². The summed E-state index contributed by atoms with van der Waals surface area (Å²) in [5.74, 6) is -0.165. The Morgan fingerprint density at radius 2 is 2.35 bits per heavy atom. The van der Waals surface area contributed by atoms with Crippen molar-refractivity contribution in [2.75, 3.05) is 14.1 Å². The second-order valence-corrected chi connectivity index (χ2v) is 5.29. The van der Waals surface area contributed by atoms with E-state index in [2.05, 4.69) is 15.3 Å². The molecule has 1 heterocycles. The molecule has 0 unspecified atom stereocenters. The number of hydrogen-bond acceptors (Lipinski definition) is 5. The summed E-state index contributed by atoms with van der Waals surface area (Å²) in [5.41, 5.74) is -0.107. The molecule has 1 amide bonds. The number of carbonyl (C=O) groups is 1. The van der Waals surface area contributed by atoms with Crippen molar-refractivity contribution in [3.05, 3.63) is 22.5 Å². The number of amides is 1. The van der Waals surface area contributed by atoms with Gasteiger partial charge in [-0.15, -0.1) is 0 Å². The zero-order valence-electron chi connectivity index (χ0n) is 11.7. The summed E-state index contributed by atoms with van der Waals surface area (Å²) in [4.78, 5) is 24.1. The molecule has 1 aromatic heterocycles. The van der Waals surface area contributed by atoms with Gasteiger partial charge >= 0.3 is 5.69 Å². The molecular formula is C12H19N5O3. The summed E-state index contributed by atoms with van der Waals surface area (Å²) in [7, 11) is 4.01. The molecule has 8 nitrogen and oxygen atoms in total. The summed E-state index contributed by atoms with van der Waals surface area (Å²) in [6.07, 6.45) is 5.54. The maximum atomic E-state index is 12.0. The Labute approximate surface area is 116 Å². The van der Waals surface area contributed by atoms with Gasteiger partial charge in [-0.3, -0.25) is 19.6 Å². The van der Waals surface area contributed by atoms with E-state index in [0.717, 1.165) is 25.5 Å². The zero-order chi connectivity index (χ0) is 14.7. The lowest BCUT2D eigenvalue weighted by molar-refractivity contribution is -0.385. The second-order valence-electron chi connectivity index (χ2n) is 5.29. The summed E-state index contributed by atoms with van der Waals surface area (Å²) in [6, 6.07) is 0.494. The highest BCUT2D eigenvalue weighted by atomic mass is 16.6. The quantitative estimate of drug-likeness (QED) is 0.622. The molecule has 0 aliphatic heterocycles. The molecule has 0 spiro atoms. The number of rotatable bonds is 5. The van der Waals surface area contributed by atoms with Gasteiger partial charge in [0.2, 0.25) is 5.91 Å². The minimum atomic E-state index is -0.527. The van der Waals surface area contributed by atoms with Crippen LogP contribution in [-0.2, 0) is 11.3 Å². The average Bonchev–Trinajstić information content (AvgIpc) is 2.97. The minimum Gasteiger partial charge on any atom is -0.350 e. The Morgan fingerprint density at radius 1 is 1.60 bits per heavy atom. The highest BCUT2D eigenvalue weighted by molar-refractivity contribution is 5.76. The lowest BCUT2D eigenvalue weighted by Gasteiger charge is -2.26. The highest BCUT2D eigenvalue weighted by Crippen LogP contribution is 2.22. The molecule has 1 aliphatic carbocycles. The second kappa shape index (κ2) is 6.00. The number of carbonyl (C=O) groups excluding carboxylic acids is 1. The molecule has 1 aromatic rings. The highest BCUT2D eigenvalue weighted by Gasteiger charge is 2.29. The van der Waals surface area contributed by atoms with E-state index >= 15 is 0 Å². The molecular weight excluding hydrogens is 262 g/mol. The molecule has 1 saturated carbocycles. The van der Waals surface area contributed by atoms with E-state index in [1.807, 2.05) is 14.1 Å². The first-order valence-electron chi connectivity index (χ1n) is 6.60. The summed E-state index contributed by atoms with van der Waals surface area (Å²) < 4.78 is 1.28. The predicted molar refractivity (Wildman–Crippen MR) is 72.1 cm³/mol. The number of nitrogens with zero attached hydrogens (tertiary/aromatic N) is 4. The third kappa shape index (κ3) is 3.32. The van der Waals surface area contributed by atoms with Gasteiger partial charge in [-0.25, -0.2) is 0 Å². The van der Waals surface area contributed by atoms with Crippen molar-refractivity contribution < 1.29 is 9.72 Å². The van der Waals surface area contributed by atoms with Crippen LogP contribution in [0.2, 0.25) is 0 Å². The van der Waals surface area contributed by atoms with Crippen LogP contribution < -0.4 is 5.32 Å². The van der Waals surface area contributed by atoms with Gasteiger partial charge in [0.05, 0.1) is 4.92 Å². The molecule has 0 bridgehead atoms. The molecule has 1 N–H and O–H groups in total. The first kappa shape index (κ1) is 14.4. The third-order valence-corrected chi connectivity index (χ3v) is 3.63. The summed E-state index contributed by atoms with van der Waals surface area (Å²) >= 11 is 0. The Kier molecular flexibility index (Phi) is 4.33. The smallest absolute Gasteiger partial charge is 0.307 e. The minimum absolute atomic E-state index is 0.00445. The average molecular weight is 281 g/mol. The van der Waals surface area contributed by atoms with Crippen LogP contribution in [0.3, 0.4) is 0 Å². The standard InChI is InChI=1S/C12H19N5O3/c1-15(2)11-5-3-4-10(11)14-12(18)8-16-7-9(6-13-16)17(19)20/h6-7,10-11H,3-5,8H2,1-2H3,(H,14,18)/t10-,11-/m1/s1. The van der Waals surface area contributed by atoms with Gasteiger partial charge in [0, 0.05) is 12.1 Å². The molecule has 20 heavy (non-hydrogen) atoms. The normalized spacial score (nSPS) is 22.1. The van der Waals surface area contributed by atoms with E-state index in [4.69, 9.17) is 0 Å². The number of nitro groups is 1. The van der Waals surface area contributed by atoms with Crippen LogP contribution in [-0.4, -0.2) is 51.7 Å². The van der Waals surface area contributed by atoms with Crippen molar-refractivity contribution in [1.29, 1.82) is 0 Å². The molecule has 0 radical (unpaired) electrons. The first-order valence-corrected chi connectivity index (χ1v) is 6.60. The maximum absolute atomic E-state index is 12.0. The van der Waals surface area contributed by atoms with E-state index in [9.17, 15) is 14.9 Å². The Balaban J connectivity index is 1.90. The third-order valence-electron chi connectivity index (χ3n) is 3.63. The Morgan fingerprint density at radius 3 is 2.95 bits per heavy atom. The monoisotopic (exact) mass is 281 g/mol. The van der Waals surface area contributed by atoms with Crippen LogP contribution in [0.4, 0.5) is 5.69 Å². The van der Waals surface area contributed by atoms with Crippen molar-refractivity contribution in [2.24, 2.45) is 0 Å². The summed E-state index contributed by atoms with van der Waals surface area (Å²) in [6.45, 7) is 0.00445. The molecule has 1 fully saturated rings. The van der Waals surface area contributed by atoms with Crippen LogP contribution in [0.25, 0.3) is 0 Å². The molecule has 8 heteroatoms. The number of likely N-dealkylation sites (N-methyl/N-ethyl adjacent to an activating group) is 1. The Hall–Kier alpha value is -1.96. The van der Waals surface area contributed by atoms with Gasteiger partial charge in [-0.2, -0.15) is 5.10 Å². The van der Waals surface area contributed by atoms with Crippen LogP contribution >= 0.6 is 0 Å². The predicted octanol–water partition coefficient (Wildman–Crippen LogP) is 0.390. The number of aromatic nitrogens is 2. The molecule has 0 saturated heterocycles. The Bertz CT molecular complexity index is 499. The maximum Gasteiger partial charge on any atom is 0.307 e. The fourth-order valence-electron chi connectivity index (χ4n) is 2.66. The zero-order valence-corrected chi connectivity index (χ0v) is 11.7. The van der Waals surface area contributed by atoms with E-state index in [0.29, 0.717) is 6.04 Å². The first-order chi connectivity index (χ1) is 9.47. The van der Waals surface area contributed by atoms with Crippen molar-refractivity contribution in [1.82, 2.24) is 20.0 Å². The van der Waals surface area contributed by atoms with Crippen LogP contribution in [0.5, 0.6) is 0 Å². The fraction of sp³-hybridized carbons (Fsp3) is 0.667. The van der Waals surface area contributed by atoms with E-state index in [1.54, 1.807) is 0 Å². The topological polar surface area (TPSA) is 93.3 Å². The van der Waals surface area contributed by atoms with E-state index in [1.165, 1.54) is 10.9 Å². The molecule has 2 rings (SSSR count). The van der Waals surface area contributed by atoms with Gasteiger partial charge in [0.15, 0.2) is 0 Å². The van der Waals surface area contributed by atoms with Crippen molar-refractivity contribution in [3.63, 3.8) is 0 Å². The van der Waals surface area contributed by atoms with Crippen LogP contribution in [0.1, 0.15) is 19.3 Å². The SMILES string of the molecule is CN(C)[C@@H]1CCC[C@H]1NC(=O)Cn1cc([N+](=O)[O-])cn1. The van der Waals surface area contributed by atoms with Gasteiger partial charge in [-0.05, 0) is 33.4 Å². The summed E-state index contributed by atoms with van der Waals surface area (Å²) in [5, 5.41) is 17.3.